The molecule has 0 spiro atoms. The lowest BCUT2D eigenvalue weighted by Gasteiger charge is -2.06. The van der Waals surface area contributed by atoms with Gasteiger partial charge in [0.15, 0.2) is 0 Å². The van der Waals surface area contributed by atoms with E-state index in [2.05, 4.69) is 10.3 Å². The van der Waals surface area contributed by atoms with E-state index in [0.29, 0.717) is 23.3 Å². The number of carbonyl (C=O) groups is 2. The van der Waals surface area contributed by atoms with E-state index < -0.39 is 5.82 Å². The van der Waals surface area contributed by atoms with Gasteiger partial charge in [0, 0.05) is 5.57 Å². The number of hydrogen-bond acceptors (Lipinski definition) is 3. The minimum absolute atomic E-state index is 0.0705. The van der Waals surface area contributed by atoms with Crippen molar-refractivity contribution in [2.75, 3.05) is 0 Å². The number of rotatable bonds is 2. The Labute approximate surface area is 97.5 Å². The Kier molecular flexibility index (Phi) is 2.99. The molecule has 1 saturated heterocycles. The van der Waals surface area contributed by atoms with Crippen LogP contribution in [-0.2, 0) is 9.59 Å². The van der Waals surface area contributed by atoms with Crippen LogP contribution >= 0.6 is 0 Å². The SMILES string of the molecule is CC/C(=C1/CC(=O)NC1=O)c1ccc(F)cn1. The highest BCUT2D eigenvalue weighted by Crippen LogP contribution is 2.25. The van der Waals surface area contributed by atoms with Gasteiger partial charge in [-0.2, -0.15) is 0 Å². The summed E-state index contributed by atoms with van der Waals surface area (Å²) in [6, 6.07) is 2.80. The van der Waals surface area contributed by atoms with E-state index in [1.807, 2.05) is 6.92 Å². The van der Waals surface area contributed by atoms with Gasteiger partial charge in [-0.3, -0.25) is 19.9 Å². The number of halogens is 1. The predicted octanol–water partition coefficient (Wildman–Crippen LogP) is 1.43. The fraction of sp³-hybridized carbons (Fsp3) is 0.250. The van der Waals surface area contributed by atoms with Crippen LogP contribution < -0.4 is 5.32 Å². The summed E-state index contributed by atoms with van der Waals surface area (Å²) >= 11 is 0. The molecule has 0 saturated carbocycles. The van der Waals surface area contributed by atoms with Crippen LogP contribution in [0.3, 0.4) is 0 Å². The minimum Gasteiger partial charge on any atom is -0.292 e. The van der Waals surface area contributed by atoms with Gasteiger partial charge in [0.2, 0.25) is 5.91 Å². The molecule has 1 aliphatic rings. The Bertz CT molecular complexity index is 506. The van der Waals surface area contributed by atoms with E-state index in [9.17, 15) is 14.0 Å². The molecule has 17 heavy (non-hydrogen) atoms. The van der Waals surface area contributed by atoms with Crippen molar-refractivity contribution in [3.63, 3.8) is 0 Å². The molecule has 0 atom stereocenters. The van der Waals surface area contributed by atoms with Crippen molar-refractivity contribution in [3.8, 4) is 0 Å². The van der Waals surface area contributed by atoms with Crippen molar-refractivity contribution in [2.24, 2.45) is 0 Å². The van der Waals surface area contributed by atoms with Crippen LogP contribution in [0.2, 0.25) is 0 Å². The van der Waals surface area contributed by atoms with Crippen molar-refractivity contribution < 1.29 is 14.0 Å². The average Bonchev–Trinajstić information content (AvgIpc) is 2.62. The normalized spacial score (nSPS) is 18.2. The molecule has 5 heteroatoms. The van der Waals surface area contributed by atoms with Crippen molar-refractivity contribution in [1.82, 2.24) is 10.3 Å². The molecule has 1 aliphatic heterocycles. The molecule has 88 valence electrons. The van der Waals surface area contributed by atoms with Crippen LogP contribution in [0.4, 0.5) is 4.39 Å². The molecule has 0 aliphatic carbocycles. The summed E-state index contributed by atoms with van der Waals surface area (Å²) in [7, 11) is 0. The van der Waals surface area contributed by atoms with Crippen LogP contribution in [0.25, 0.3) is 5.57 Å². The highest BCUT2D eigenvalue weighted by molar-refractivity contribution is 6.17. The maximum absolute atomic E-state index is 12.8. The third-order valence-corrected chi connectivity index (χ3v) is 2.62. The molecule has 0 bridgehead atoms. The van der Waals surface area contributed by atoms with Gasteiger partial charge in [0.25, 0.3) is 5.91 Å². The number of imide groups is 1. The number of hydrogen-bond donors (Lipinski definition) is 1. The standard InChI is InChI=1S/C12H11FN2O2/c1-2-8(9-5-11(16)15-12(9)17)10-4-3-7(13)6-14-10/h3-4,6H,2,5H2,1H3,(H,15,16,17)/b9-8+. The molecule has 1 fully saturated rings. The lowest BCUT2D eigenvalue weighted by molar-refractivity contribution is -0.124. The Morgan fingerprint density at radius 3 is 2.71 bits per heavy atom. The van der Waals surface area contributed by atoms with E-state index in [0.717, 1.165) is 6.20 Å². The van der Waals surface area contributed by atoms with Crippen LogP contribution in [0.1, 0.15) is 25.5 Å². The Morgan fingerprint density at radius 2 is 2.24 bits per heavy atom. The number of pyridine rings is 1. The number of aromatic nitrogens is 1. The molecule has 1 aromatic heterocycles. The summed E-state index contributed by atoms with van der Waals surface area (Å²) in [4.78, 5) is 26.6. The molecule has 0 unspecified atom stereocenters. The fourth-order valence-electron chi connectivity index (χ4n) is 1.83. The molecule has 0 aromatic carbocycles. The third-order valence-electron chi connectivity index (χ3n) is 2.62. The monoisotopic (exact) mass is 234 g/mol. The molecule has 2 amide bonds. The average molecular weight is 234 g/mol. The number of amides is 2. The van der Waals surface area contributed by atoms with Gasteiger partial charge in [0.05, 0.1) is 18.3 Å². The van der Waals surface area contributed by atoms with Crippen LogP contribution in [0.5, 0.6) is 0 Å². The first-order valence-electron chi connectivity index (χ1n) is 5.30. The second-order valence-corrected chi connectivity index (χ2v) is 3.73. The molecule has 2 heterocycles. The van der Waals surface area contributed by atoms with E-state index >= 15 is 0 Å². The number of carbonyl (C=O) groups excluding carboxylic acids is 2. The molecule has 1 N–H and O–H groups in total. The first-order valence-corrected chi connectivity index (χ1v) is 5.30. The van der Waals surface area contributed by atoms with Gasteiger partial charge in [-0.15, -0.1) is 0 Å². The van der Waals surface area contributed by atoms with Gasteiger partial charge in [-0.05, 0) is 24.1 Å². The molecular weight excluding hydrogens is 223 g/mol. The predicted molar refractivity (Wildman–Crippen MR) is 59.2 cm³/mol. The van der Waals surface area contributed by atoms with E-state index in [1.54, 1.807) is 0 Å². The lowest BCUT2D eigenvalue weighted by Crippen LogP contribution is -2.19. The topological polar surface area (TPSA) is 59.1 Å². The third kappa shape index (κ3) is 2.22. The Balaban J connectivity index is 2.46. The maximum atomic E-state index is 12.8. The molecule has 0 radical (unpaired) electrons. The van der Waals surface area contributed by atoms with E-state index in [-0.39, 0.29) is 18.2 Å². The van der Waals surface area contributed by atoms with E-state index in [1.165, 1.54) is 12.1 Å². The second kappa shape index (κ2) is 4.45. The molecule has 1 aromatic rings. The van der Waals surface area contributed by atoms with Crippen molar-refractivity contribution in [1.29, 1.82) is 0 Å². The zero-order chi connectivity index (χ0) is 12.4. The quantitative estimate of drug-likeness (QED) is 0.622. The fourth-order valence-corrected chi connectivity index (χ4v) is 1.83. The van der Waals surface area contributed by atoms with Gasteiger partial charge in [-0.25, -0.2) is 4.39 Å². The second-order valence-electron chi connectivity index (χ2n) is 3.73. The highest BCUT2D eigenvalue weighted by Gasteiger charge is 2.27. The molecule has 2 rings (SSSR count). The van der Waals surface area contributed by atoms with Crippen molar-refractivity contribution in [3.05, 3.63) is 35.4 Å². The number of nitrogens with one attached hydrogen (secondary N) is 1. The van der Waals surface area contributed by atoms with Crippen LogP contribution in [0.15, 0.2) is 23.9 Å². The summed E-state index contributed by atoms with van der Waals surface area (Å²) in [6.07, 6.45) is 1.73. The van der Waals surface area contributed by atoms with Crippen LogP contribution in [0, 0.1) is 5.82 Å². The summed E-state index contributed by atoms with van der Waals surface area (Å²) in [5, 5.41) is 2.23. The number of nitrogens with zero attached hydrogens (tertiary/aromatic N) is 1. The minimum atomic E-state index is -0.429. The highest BCUT2D eigenvalue weighted by atomic mass is 19.1. The summed E-state index contributed by atoms with van der Waals surface area (Å²) < 4.78 is 12.8. The maximum Gasteiger partial charge on any atom is 0.254 e. The molecular formula is C12H11FN2O2. The van der Waals surface area contributed by atoms with Gasteiger partial charge < -0.3 is 0 Å². The Morgan fingerprint density at radius 1 is 1.47 bits per heavy atom. The first kappa shape index (κ1) is 11.4. The summed E-state index contributed by atoms with van der Waals surface area (Å²) in [5.74, 6) is -1.11. The zero-order valence-corrected chi connectivity index (χ0v) is 9.29. The van der Waals surface area contributed by atoms with Gasteiger partial charge in [-0.1, -0.05) is 6.92 Å². The van der Waals surface area contributed by atoms with Gasteiger partial charge >= 0.3 is 0 Å². The van der Waals surface area contributed by atoms with E-state index in [4.69, 9.17) is 0 Å². The van der Waals surface area contributed by atoms with Crippen molar-refractivity contribution >= 4 is 17.4 Å². The number of allylic oxidation sites excluding steroid dienone is 1. The molecule has 4 nitrogen and oxygen atoms in total. The summed E-state index contributed by atoms with van der Waals surface area (Å²) in [6.45, 7) is 1.86. The van der Waals surface area contributed by atoms with Gasteiger partial charge in [0.1, 0.15) is 5.82 Å². The lowest BCUT2D eigenvalue weighted by atomic mass is 10.0. The largest absolute Gasteiger partial charge is 0.292 e. The van der Waals surface area contributed by atoms with Crippen LogP contribution in [-0.4, -0.2) is 16.8 Å². The smallest absolute Gasteiger partial charge is 0.254 e. The zero-order valence-electron chi connectivity index (χ0n) is 9.29. The van der Waals surface area contributed by atoms with Crippen molar-refractivity contribution in [2.45, 2.75) is 19.8 Å². The Hall–Kier alpha value is -2.04. The first-order chi connectivity index (χ1) is 8.11. The summed E-state index contributed by atoms with van der Waals surface area (Å²) in [5.41, 5.74) is 1.65.